The maximum atomic E-state index is 12.0. The van der Waals surface area contributed by atoms with Crippen molar-refractivity contribution in [3.8, 4) is 5.75 Å². The van der Waals surface area contributed by atoms with Gasteiger partial charge in [-0.3, -0.25) is 4.79 Å². The standard InChI is InChI=1S/C18H25NO4/c1-5-16(20)19-10-6-7-13-11-14(8-9-15(13)19)22-12-17(21)23-18(2,3)4/h8-9,11H,5-7,10,12H2,1-4H3. The van der Waals surface area contributed by atoms with Crippen molar-refractivity contribution in [2.75, 3.05) is 18.1 Å². The van der Waals surface area contributed by atoms with E-state index in [1.165, 1.54) is 0 Å². The highest BCUT2D eigenvalue weighted by atomic mass is 16.6. The largest absolute Gasteiger partial charge is 0.482 e. The molecule has 0 aromatic heterocycles. The Kier molecular flexibility index (Phi) is 5.29. The van der Waals surface area contributed by atoms with Gasteiger partial charge in [0, 0.05) is 18.7 Å². The van der Waals surface area contributed by atoms with Crippen LogP contribution in [0.3, 0.4) is 0 Å². The van der Waals surface area contributed by atoms with Crippen LogP contribution in [0.25, 0.3) is 0 Å². The number of hydrogen-bond donors (Lipinski definition) is 0. The molecule has 1 aliphatic rings. The van der Waals surface area contributed by atoms with Crippen LogP contribution in [0.5, 0.6) is 5.75 Å². The molecule has 1 amide bonds. The normalized spacial score (nSPS) is 14.2. The summed E-state index contributed by atoms with van der Waals surface area (Å²) in [5.74, 6) is 0.367. The monoisotopic (exact) mass is 319 g/mol. The summed E-state index contributed by atoms with van der Waals surface area (Å²) in [6.45, 7) is 7.98. The minimum absolute atomic E-state index is 0.117. The van der Waals surface area contributed by atoms with Gasteiger partial charge in [-0.2, -0.15) is 0 Å². The molecular formula is C18H25NO4. The second kappa shape index (κ2) is 7.02. The first-order valence-corrected chi connectivity index (χ1v) is 8.08. The quantitative estimate of drug-likeness (QED) is 0.800. The van der Waals surface area contributed by atoms with Gasteiger partial charge in [0.25, 0.3) is 0 Å². The van der Waals surface area contributed by atoms with Crippen molar-refractivity contribution in [3.63, 3.8) is 0 Å². The lowest BCUT2D eigenvalue weighted by molar-refractivity contribution is -0.157. The van der Waals surface area contributed by atoms with Crippen LogP contribution >= 0.6 is 0 Å². The van der Waals surface area contributed by atoms with Crippen molar-refractivity contribution in [1.29, 1.82) is 0 Å². The van der Waals surface area contributed by atoms with Crippen LogP contribution in [0.4, 0.5) is 5.69 Å². The van der Waals surface area contributed by atoms with Crippen LogP contribution in [-0.2, 0) is 20.7 Å². The van der Waals surface area contributed by atoms with Crippen LogP contribution in [0, 0.1) is 0 Å². The number of amides is 1. The van der Waals surface area contributed by atoms with Crippen molar-refractivity contribution < 1.29 is 19.1 Å². The molecule has 0 N–H and O–H groups in total. The summed E-state index contributed by atoms with van der Waals surface area (Å²) < 4.78 is 10.7. The molecule has 0 aliphatic carbocycles. The number of anilines is 1. The zero-order valence-electron chi connectivity index (χ0n) is 14.3. The number of carbonyl (C=O) groups is 2. The molecule has 0 unspecified atom stereocenters. The number of carbonyl (C=O) groups excluding carboxylic acids is 2. The van der Waals surface area contributed by atoms with Crippen molar-refractivity contribution in [2.45, 2.75) is 52.6 Å². The first kappa shape index (κ1) is 17.3. The molecular weight excluding hydrogens is 294 g/mol. The van der Waals surface area contributed by atoms with Gasteiger partial charge < -0.3 is 14.4 Å². The predicted molar refractivity (Wildman–Crippen MR) is 88.7 cm³/mol. The van der Waals surface area contributed by atoms with Crippen molar-refractivity contribution >= 4 is 17.6 Å². The van der Waals surface area contributed by atoms with Crippen LogP contribution in [0.1, 0.15) is 46.1 Å². The number of rotatable bonds is 4. The molecule has 0 saturated carbocycles. The van der Waals surface area contributed by atoms with E-state index in [0.29, 0.717) is 12.2 Å². The van der Waals surface area contributed by atoms with Gasteiger partial charge in [0.15, 0.2) is 6.61 Å². The van der Waals surface area contributed by atoms with Crippen LogP contribution in [0.15, 0.2) is 18.2 Å². The van der Waals surface area contributed by atoms with Gasteiger partial charge >= 0.3 is 5.97 Å². The molecule has 0 atom stereocenters. The van der Waals surface area contributed by atoms with Gasteiger partial charge in [0.05, 0.1) is 0 Å². The van der Waals surface area contributed by atoms with Gasteiger partial charge in [-0.05, 0) is 57.4 Å². The van der Waals surface area contributed by atoms with Crippen molar-refractivity contribution in [1.82, 2.24) is 0 Å². The van der Waals surface area contributed by atoms with E-state index in [4.69, 9.17) is 9.47 Å². The first-order valence-electron chi connectivity index (χ1n) is 8.08. The molecule has 0 saturated heterocycles. The van der Waals surface area contributed by atoms with E-state index >= 15 is 0 Å². The average molecular weight is 319 g/mol. The number of fused-ring (bicyclic) bond motifs is 1. The number of ether oxygens (including phenoxy) is 2. The van der Waals surface area contributed by atoms with Crippen LogP contribution in [-0.4, -0.2) is 30.6 Å². The fourth-order valence-corrected chi connectivity index (χ4v) is 2.63. The highest BCUT2D eigenvalue weighted by Crippen LogP contribution is 2.31. The van der Waals surface area contributed by atoms with E-state index in [1.54, 1.807) is 6.07 Å². The second-order valence-electron chi connectivity index (χ2n) is 6.67. The first-order chi connectivity index (χ1) is 10.8. The highest BCUT2D eigenvalue weighted by molar-refractivity contribution is 5.94. The third kappa shape index (κ3) is 4.71. The summed E-state index contributed by atoms with van der Waals surface area (Å²) in [5, 5.41) is 0. The summed E-state index contributed by atoms with van der Waals surface area (Å²) in [4.78, 5) is 25.5. The molecule has 23 heavy (non-hydrogen) atoms. The van der Waals surface area contributed by atoms with Gasteiger partial charge in [-0.25, -0.2) is 4.79 Å². The summed E-state index contributed by atoms with van der Waals surface area (Å²) in [7, 11) is 0. The summed E-state index contributed by atoms with van der Waals surface area (Å²) in [6.07, 6.45) is 2.34. The number of hydrogen-bond acceptors (Lipinski definition) is 4. The minimum atomic E-state index is -0.517. The zero-order valence-corrected chi connectivity index (χ0v) is 14.3. The summed E-state index contributed by atoms with van der Waals surface area (Å²) in [6, 6.07) is 5.60. The molecule has 2 rings (SSSR count). The van der Waals surface area contributed by atoms with E-state index in [1.807, 2.05) is 44.7 Å². The molecule has 5 heteroatoms. The average Bonchev–Trinajstić information content (AvgIpc) is 2.49. The van der Waals surface area contributed by atoms with Crippen molar-refractivity contribution in [2.24, 2.45) is 0 Å². The van der Waals surface area contributed by atoms with Gasteiger partial charge in [0.2, 0.25) is 5.91 Å². The molecule has 126 valence electrons. The topological polar surface area (TPSA) is 55.8 Å². The Morgan fingerprint density at radius 3 is 2.65 bits per heavy atom. The molecule has 5 nitrogen and oxygen atoms in total. The number of nitrogens with zero attached hydrogens (tertiary/aromatic N) is 1. The smallest absolute Gasteiger partial charge is 0.344 e. The van der Waals surface area contributed by atoms with E-state index in [-0.39, 0.29) is 12.5 Å². The SMILES string of the molecule is CCC(=O)N1CCCc2cc(OCC(=O)OC(C)(C)C)ccc21. The fourth-order valence-electron chi connectivity index (χ4n) is 2.63. The second-order valence-corrected chi connectivity index (χ2v) is 6.67. The Bertz CT molecular complexity index is 589. The maximum absolute atomic E-state index is 12.0. The molecule has 0 fully saturated rings. The fraction of sp³-hybridized carbons (Fsp3) is 0.556. The van der Waals surface area contributed by atoms with E-state index in [0.717, 1.165) is 30.6 Å². The molecule has 1 aliphatic heterocycles. The lowest BCUT2D eigenvalue weighted by Gasteiger charge is -2.29. The predicted octanol–water partition coefficient (Wildman–Crippen LogP) is 3.10. The van der Waals surface area contributed by atoms with E-state index in [9.17, 15) is 9.59 Å². The number of aryl methyl sites for hydroxylation is 1. The van der Waals surface area contributed by atoms with Gasteiger partial charge in [0.1, 0.15) is 11.4 Å². The Hall–Kier alpha value is -2.04. The van der Waals surface area contributed by atoms with Crippen LogP contribution in [0.2, 0.25) is 0 Å². The number of esters is 1. The maximum Gasteiger partial charge on any atom is 0.344 e. The van der Waals surface area contributed by atoms with Gasteiger partial charge in [-0.1, -0.05) is 6.92 Å². The summed E-state index contributed by atoms with van der Waals surface area (Å²) >= 11 is 0. The Balaban J connectivity index is 2.04. The lowest BCUT2D eigenvalue weighted by atomic mass is 10.0. The molecule has 1 heterocycles. The molecule has 0 spiro atoms. The van der Waals surface area contributed by atoms with E-state index < -0.39 is 11.6 Å². The molecule has 1 aromatic rings. The lowest BCUT2D eigenvalue weighted by Crippen LogP contribution is -2.34. The molecule has 1 aromatic carbocycles. The Labute approximate surface area is 137 Å². The number of benzene rings is 1. The highest BCUT2D eigenvalue weighted by Gasteiger charge is 2.22. The third-order valence-electron chi connectivity index (χ3n) is 3.55. The zero-order chi connectivity index (χ0) is 17.0. The Morgan fingerprint density at radius 2 is 2.00 bits per heavy atom. The third-order valence-corrected chi connectivity index (χ3v) is 3.55. The summed E-state index contributed by atoms with van der Waals surface area (Å²) in [5.41, 5.74) is 1.52. The van der Waals surface area contributed by atoms with Crippen LogP contribution < -0.4 is 9.64 Å². The van der Waals surface area contributed by atoms with Crippen molar-refractivity contribution in [3.05, 3.63) is 23.8 Å². The molecule has 0 bridgehead atoms. The van der Waals surface area contributed by atoms with E-state index in [2.05, 4.69) is 0 Å². The minimum Gasteiger partial charge on any atom is -0.482 e. The Morgan fingerprint density at radius 1 is 1.26 bits per heavy atom. The van der Waals surface area contributed by atoms with Gasteiger partial charge in [-0.15, -0.1) is 0 Å². The molecule has 0 radical (unpaired) electrons.